The van der Waals surface area contributed by atoms with Gasteiger partial charge in [-0.1, -0.05) is 6.58 Å². The molecule has 0 spiro atoms. The number of carbonyl (C=O) groups is 3. The van der Waals surface area contributed by atoms with Gasteiger partial charge in [-0.25, -0.2) is 4.39 Å². The van der Waals surface area contributed by atoms with Crippen molar-refractivity contribution in [2.24, 2.45) is 11.3 Å². The van der Waals surface area contributed by atoms with E-state index in [2.05, 4.69) is 11.5 Å². The van der Waals surface area contributed by atoms with Crippen molar-refractivity contribution in [1.82, 2.24) is 4.90 Å². The Hall–Kier alpha value is -2.50. The van der Waals surface area contributed by atoms with E-state index in [1.54, 1.807) is 17.0 Å². The molecule has 2 atom stereocenters. The second-order valence-corrected chi connectivity index (χ2v) is 7.51. The molecule has 4 rings (SSSR count). The lowest BCUT2D eigenvalue weighted by molar-refractivity contribution is -0.151. The van der Waals surface area contributed by atoms with Crippen LogP contribution in [0.15, 0.2) is 36.4 Å². The summed E-state index contributed by atoms with van der Waals surface area (Å²) in [4.78, 5) is 41.7. The highest BCUT2D eigenvalue weighted by atomic mass is 19.1. The maximum Gasteiger partial charge on any atom is 0.237 e. The van der Waals surface area contributed by atoms with Crippen LogP contribution in [0.4, 0.5) is 10.1 Å². The number of allylic oxidation sites excluding steroid dienone is 1. The monoisotopic (exact) mass is 356 g/mol. The zero-order valence-corrected chi connectivity index (χ0v) is 14.5. The average molecular weight is 356 g/mol. The molecule has 1 aliphatic heterocycles. The predicted molar refractivity (Wildman–Crippen MR) is 94.1 cm³/mol. The summed E-state index contributed by atoms with van der Waals surface area (Å²) in [6, 6.07) is 6.28. The van der Waals surface area contributed by atoms with Gasteiger partial charge in [-0.05, 0) is 42.2 Å². The van der Waals surface area contributed by atoms with Gasteiger partial charge in [-0.15, -0.1) is 0 Å². The van der Waals surface area contributed by atoms with E-state index >= 15 is 0 Å². The molecule has 1 aromatic carbocycles. The molecular weight excluding hydrogens is 335 g/mol. The van der Waals surface area contributed by atoms with Crippen molar-refractivity contribution < 1.29 is 18.8 Å². The second kappa shape index (κ2) is 6.04. The van der Waals surface area contributed by atoms with Crippen LogP contribution in [0, 0.1) is 17.2 Å². The number of hydrogen-bond acceptors (Lipinski definition) is 4. The third kappa shape index (κ3) is 2.55. The Bertz CT molecular complexity index is 796. The first kappa shape index (κ1) is 16.9. The van der Waals surface area contributed by atoms with Gasteiger partial charge in [0.1, 0.15) is 17.0 Å². The number of Topliss-reactive ketones (excluding diaryl/α,β-unsaturated/α-hetero) is 2. The molecule has 1 saturated heterocycles. The van der Waals surface area contributed by atoms with Gasteiger partial charge in [-0.2, -0.15) is 0 Å². The zero-order valence-electron chi connectivity index (χ0n) is 14.5. The highest BCUT2D eigenvalue weighted by Gasteiger charge is 2.59. The summed E-state index contributed by atoms with van der Waals surface area (Å²) in [5, 5.41) is 0. The van der Waals surface area contributed by atoms with Gasteiger partial charge in [0.25, 0.3) is 0 Å². The molecule has 5 nitrogen and oxygen atoms in total. The SMILES string of the molecule is C=C1C(=O)[C@@]2(C(=O)N3CCN(c4ccc(F)cc4)CC3)CC(=O)C[C@@H]1C2. The third-order valence-corrected chi connectivity index (χ3v) is 5.96. The lowest BCUT2D eigenvalue weighted by atomic mass is 9.73. The van der Waals surface area contributed by atoms with Crippen LogP contribution < -0.4 is 4.90 Å². The van der Waals surface area contributed by atoms with Gasteiger partial charge < -0.3 is 9.80 Å². The summed E-state index contributed by atoms with van der Waals surface area (Å²) in [6.07, 6.45) is 0.768. The van der Waals surface area contributed by atoms with E-state index in [9.17, 15) is 18.8 Å². The van der Waals surface area contributed by atoms with Crippen LogP contribution in [-0.4, -0.2) is 48.6 Å². The fraction of sp³-hybridized carbons (Fsp3) is 0.450. The van der Waals surface area contributed by atoms with E-state index in [1.165, 1.54) is 12.1 Å². The predicted octanol–water partition coefficient (Wildman–Crippen LogP) is 1.97. The molecule has 6 heteroatoms. The fourth-order valence-corrected chi connectivity index (χ4v) is 4.54. The lowest BCUT2D eigenvalue weighted by Crippen LogP contribution is -2.55. The van der Waals surface area contributed by atoms with Gasteiger partial charge >= 0.3 is 0 Å². The number of amides is 1. The molecular formula is C20H21FN2O3. The third-order valence-electron chi connectivity index (χ3n) is 5.96. The molecule has 0 radical (unpaired) electrons. The van der Waals surface area contributed by atoms with E-state index in [0.717, 1.165) is 5.69 Å². The first-order chi connectivity index (χ1) is 12.4. The normalized spacial score (nSPS) is 28.7. The topological polar surface area (TPSA) is 57.7 Å². The number of ketones is 2. The Morgan fingerprint density at radius 1 is 1.12 bits per heavy atom. The number of hydrogen-bond donors (Lipinski definition) is 0. The standard InChI is InChI=1S/C20H21FN2O3/c1-13-14-10-17(24)12-20(11-14,18(13)25)19(26)23-8-6-22(7-9-23)16-4-2-15(21)3-5-16/h2-5,14H,1,6-12H2/t14-,20+/m1/s1. The van der Waals surface area contributed by atoms with E-state index in [-0.39, 0.29) is 35.6 Å². The number of piperazine rings is 1. The Morgan fingerprint density at radius 2 is 1.77 bits per heavy atom. The molecule has 0 N–H and O–H groups in total. The molecule has 0 aromatic heterocycles. The molecule has 2 aliphatic carbocycles. The van der Waals surface area contributed by atoms with Gasteiger partial charge in [0, 0.05) is 44.7 Å². The number of benzene rings is 1. The molecule has 1 aromatic rings. The summed E-state index contributed by atoms with van der Waals surface area (Å²) in [6.45, 7) is 6.02. The molecule has 1 amide bonds. The maximum absolute atomic E-state index is 13.2. The van der Waals surface area contributed by atoms with Crippen molar-refractivity contribution in [3.63, 3.8) is 0 Å². The summed E-state index contributed by atoms with van der Waals surface area (Å²) in [5.41, 5.74) is 0.138. The van der Waals surface area contributed by atoms with Crippen LogP contribution in [0.2, 0.25) is 0 Å². The van der Waals surface area contributed by atoms with Crippen LogP contribution in [-0.2, 0) is 14.4 Å². The minimum Gasteiger partial charge on any atom is -0.368 e. The van der Waals surface area contributed by atoms with Crippen LogP contribution in [0.25, 0.3) is 0 Å². The molecule has 26 heavy (non-hydrogen) atoms. The number of nitrogens with zero attached hydrogens (tertiary/aromatic N) is 2. The minimum atomic E-state index is -1.21. The lowest BCUT2D eigenvalue weighted by Gasteiger charge is -2.40. The Labute approximate surface area is 151 Å². The summed E-state index contributed by atoms with van der Waals surface area (Å²) < 4.78 is 13.1. The van der Waals surface area contributed by atoms with Gasteiger partial charge in [0.15, 0.2) is 5.78 Å². The summed E-state index contributed by atoms with van der Waals surface area (Å²) in [5.74, 6) is -0.935. The molecule has 2 saturated carbocycles. The number of fused-ring (bicyclic) bond motifs is 2. The van der Waals surface area contributed by atoms with E-state index in [1.807, 2.05) is 0 Å². The Balaban J connectivity index is 1.48. The largest absolute Gasteiger partial charge is 0.368 e. The molecule has 1 heterocycles. The summed E-state index contributed by atoms with van der Waals surface area (Å²) in [7, 11) is 0. The van der Waals surface area contributed by atoms with E-state index < -0.39 is 5.41 Å². The molecule has 3 aliphatic rings. The Morgan fingerprint density at radius 3 is 2.42 bits per heavy atom. The van der Waals surface area contributed by atoms with Crippen molar-refractivity contribution in [1.29, 1.82) is 0 Å². The molecule has 136 valence electrons. The van der Waals surface area contributed by atoms with E-state index in [4.69, 9.17) is 0 Å². The molecule has 2 bridgehead atoms. The van der Waals surface area contributed by atoms with Crippen LogP contribution in [0.3, 0.4) is 0 Å². The number of anilines is 1. The van der Waals surface area contributed by atoms with Crippen LogP contribution in [0.1, 0.15) is 19.3 Å². The molecule has 3 fully saturated rings. The van der Waals surface area contributed by atoms with Crippen molar-refractivity contribution in [3.05, 3.63) is 42.2 Å². The maximum atomic E-state index is 13.2. The fourth-order valence-electron chi connectivity index (χ4n) is 4.54. The number of carbonyl (C=O) groups excluding carboxylic acids is 3. The zero-order chi connectivity index (χ0) is 18.5. The first-order valence-corrected chi connectivity index (χ1v) is 8.96. The average Bonchev–Trinajstić information content (AvgIpc) is 2.83. The number of rotatable bonds is 2. The first-order valence-electron chi connectivity index (χ1n) is 8.96. The van der Waals surface area contributed by atoms with Crippen LogP contribution >= 0.6 is 0 Å². The molecule has 0 unspecified atom stereocenters. The second-order valence-electron chi connectivity index (χ2n) is 7.51. The number of halogens is 1. The van der Waals surface area contributed by atoms with Crippen molar-refractivity contribution in [2.45, 2.75) is 19.3 Å². The Kier molecular flexibility index (Phi) is 3.93. The summed E-state index contributed by atoms with van der Waals surface area (Å²) >= 11 is 0. The van der Waals surface area contributed by atoms with Gasteiger partial charge in [0.2, 0.25) is 5.91 Å². The van der Waals surface area contributed by atoms with Crippen molar-refractivity contribution >= 4 is 23.2 Å². The smallest absolute Gasteiger partial charge is 0.237 e. The van der Waals surface area contributed by atoms with Gasteiger partial charge in [-0.3, -0.25) is 14.4 Å². The minimum absolute atomic E-state index is 0.0123. The highest BCUT2D eigenvalue weighted by molar-refractivity contribution is 6.19. The van der Waals surface area contributed by atoms with Crippen molar-refractivity contribution in [3.8, 4) is 0 Å². The van der Waals surface area contributed by atoms with Gasteiger partial charge in [0.05, 0.1) is 0 Å². The van der Waals surface area contributed by atoms with Crippen LogP contribution in [0.5, 0.6) is 0 Å². The highest BCUT2D eigenvalue weighted by Crippen LogP contribution is 2.51. The quantitative estimate of drug-likeness (QED) is 0.601. The van der Waals surface area contributed by atoms with Crippen molar-refractivity contribution in [2.75, 3.05) is 31.1 Å². The van der Waals surface area contributed by atoms with E-state index in [0.29, 0.717) is 44.6 Å².